The number of nitrogens with zero attached hydrogens (tertiary/aromatic N) is 2. The Balaban J connectivity index is 2.04. The first-order valence-corrected chi connectivity index (χ1v) is 6.64. The molecule has 1 saturated heterocycles. The number of pyridine rings is 1. The van der Waals surface area contributed by atoms with Crippen molar-refractivity contribution in [1.29, 1.82) is 0 Å². The van der Waals surface area contributed by atoms with Crippen LogP contribution in [0.2, 0.25) is 5.02 Å². The Labute approximate surface area is 108 Å². The zero-order valence-corrected chi connectivity index (χ0v) is 11.2. The summed E-state index contributed by atoms with van der Waals surface area (Å²) in [6.07, 6.45) is 4.71. The molecule has 0 spiro atoms. The molecule has 0 bridgehead atoms. The Morgan fingerprint density at radius 1 is 1.59 bits per heavy atom. The van der Waals surface area contributed by atoms with Crippen LogP contribution in [0.5, 0.6) is 0 Å². The molecule has 1 N–H and O–H groups in total. The second-order valence-corrected chi connectivity index (χ2v) is 5.17. The van der Waals surface area contributed by atoms with Crippen molar-refractivity contribution in [3.05, 3.63) is 29.0 Å². The third kappa shape index (κ3) is 3.18. The third-order valence-electron chi connectivity index (χ3n) is 3.50. The lowest BCUT2D eigenvalue weighted by molar-refractivity contribution is 0.131. The highest BCUT2D eigenvalue weighted by Gasteiger charge is 2.24. The molecule has 2 heterocycles. The van der Waals surface area contributed by atoms with Crippen LogP contribution in [-0.2, 0) is 6.54 Å². The van der Waals surface area contributed by atoms with E-state index in [0.29, 0.717) is 12.1 Å². The lowest BCUT2D eigenvalue weighted by Crippen LogP contribution is -2.54. The molecule has 0 saturated carbocycles. The number of nitrogens with one attached hydrogen (secondary N) is 1. The normalized spacial score (nSPS) is 26.1. The SMILES string of the molecule is CCC1CN(Cc2ccncc2Cl)C(C)CN1. The number of hydrogen-bond donors (Lipinski definition) is 1. The van der Waals surface area contributed by atoms with E-state index in [9.17, 15) is 0 Å². The predicted octanol–water partition coefficient (Wildman–Crippen LogP) is 2.31. The molecule has 0 aromatic carbocycles. The van der Waals surface area contributed by atoms with Gasteiger partial charge in [0.2, 0.25) is 0 Å². The van der Waals surface area contributed by atoms with Gasteiger partial charge in [0.15, 0.2) is 0 Å². The van der Waals surface area contributed by atoms with Crippen molar-refractivity contribution in [1.82, 2.24) is 15.2 Å². The maximum atomic E-state index is 6.16. The summed E-state index contributed by atoms with van der Waals surface area (Å²) in [5.74, 6) is 0. The maximum absolute atomic E-state index is 6.16. The molecule has 1 aliphatic rings. The Bertz CT molecular complexity index is 369. The van der Waals surface area contributed by atoms with Gasteiger partial charge in [-0.3, -0.25) is 9.88 Å². The van der Waals surface area contributed by atoms with Crippen LogP contribution < -0.4 is 5.32 Å². The summed E-state index contributed by atoms with van der Waals surface area (Å²) in [7, 11) is 0. The average molecular weight is 254 g/mol. The summed E-state index contributed by atoms with van der Waals surface area (Å²) < 4.78 is 0. The highest BCUT2D eigenvalue weighted by atomic mass is 35.5. The minimum Gasteiger partial charge on any atom is -0.311 e. The van der Waals surface area contributed by atoms with E-state index in [1.807, 2.05) is 12.3 Å². The van der Waals surface area contributed by atoms with Crippen LogP contribution in [0.4, 0.5) is 0 Å². The maximum Gasteiger partial charge on any atom is 0.0634 e. The van der Waals surface area contributed by atoms with E-state index in [1.54, 1.807) is 6.20 Å². The van der Waals surface area contributed by atoms with Crippen molar-refractivity contribution >= 4 is 11.6 Å². The van der Waals surface area contributed by atoms with Crippen LogP contribution in [-0.4, -0.2) is 35.1 Å². The fourth-order valence-corrected chi connectivity index (χ4v) is 2.42. The predicted molar refractivity (Wildman–Crippen MR) is 71.2 cm³/mol. The molecule has 17 heavy (non-hydrogen) atoms. The molecule has 2 atom stereocenters. The van der Waals surface area contributed by atoms with Gasteiger partial charge in [0, 0.05) is 44.1 Å². The second-order valence-electron chi connectivity index (χ2n) is 4.76. The summed E-state index contributed by atoms with van der Waals surface area (Å²) in [4.78, 5) is 6.52. The third-order valence-corrected chi connectivity index (χ3v) is 3.84. The number of hydrogen-bond acceptors (Lipinski definition) is 3. The molecule has 1 aromatic rings. The first kappa shape index (κ1) is 12.8. The zero-order valence-electron chi connectivity index (χ0n) is 10.5. The quantitative estimate of drug-likeness (QED) is 0.896. The highest BCUT2D eigenvalue weighted by Crippen LogP contribution is 2.19. The number of aromatic nitrogens is 1. The lowest BCUT2D eigenvalue weighted by atomic mass is 10.1. The van der Waals surface area contributed by atoms with Crippen molar-refractivity contribution in [2.45, 2.75) is 38.9 Å². The molecule has 2 rings (SSSR count). The molecule has 94 valence electrons. The van der Waals surface area contributed by atoms with Crippen LogP contribution in [0.15, 0.2) is 18.5 Å². The largest absolute Gasteiger partial charge is 0.311 e. The molecule has 0 aliphatic carbocycles. The van der Waals surface area contributed by atoms with Crippen molar-refractivity contribution in [2.75, 3.05) is 13.1 Å². The van der Waals surface area contributed by atoms with E-state index in [-0.39, 0.29) is 0 Å². The number of piperazine rings is 1. The number of rotatable bonds is 3. The summed E-state index contributed by atoms with van der Waals surface area (Å²) >= 11 is 6.16. The van der Waals surface area contributed by atoms with Crippen molar-refractivity contribution in [2.24, 2.45) is 0 Å². The van der Waals surface area contributed by atoms with E-state index >= 15 is 0 Å². The Morgan fingerprint density at radius 3 is 3.12 bits per heavy atom. The molecule has 1 fully saturated rings. The molecule has 4 heteroatoms. The fraction of sp³-hybridized carbons (Fsp3) is 0.615. The summed E-state index contributed by atoms with van der Waals surface area (Å²) in [6.45, 7) is 7.55. The molecular weight excluding hydrogens is 234 g/mol. The van der Waals surface area contributed by atoms with Crippen LogP contribution in [0.25, 0.3) is 0 Å². The average Bonchev–Trinajstić information content (AvgIpc) is 2.35. The van der Waals surface area contributed by atoms with Gasteiger partial charge in [0.1, 0.15) is 0 Å². The minimum absolute atomic E-state index is 0.557. The standard InChI is InChI=1S/C13H20ClN3/c1-3-12-9-17(10(2)6-16-12)8-11-4-5-15-7-13(11)14/h4-5,7,10,12,16H,3,6,8-9H2,1-2H3. The topological polar surface area (TPSA) is 28.2 Å². The Hall–Kier alpha value is -0.640. The fourth-order valence-electron chi connectivity index (χ4n) is 2.24. The monoisotopic (exact) mass is 253 g/mol. The Morgan fingerprint density at radius 2 is 2.41 bits per heavy atom. The van der Waals surface area contributed by atoms with Gasteiger partial charge in [-0.25, -0.2) is 0 Å². The van der Waals surface area contributed by atoms with Crippen molar-refractivity contribution < 1.29 is 0 Å². The van der Waals surface area contributed by atoms with Crippen molar-refractivity contribution in [3.8, 4) is 0 Å². The molecule has 0 radical (unpaired) electrons. The molecule has 2 unspecified atom stereocenters. The first-order valence-electron chi connectivity index (χ1n) is 6.26. The van der Waals surface area contributed by atoms with E-state index in [2.05, 4.69) is 29.0 Å². The molecule has 1 aliphatic heterocycles. The second kappa shape index (κ2) is 5.80. The lowest BCUT2D eigenvalue weighted by Gasteiger charge is -2.38. The van der Waals surface area contributed by atoms with Crippen LogP contribution in [0.1, 0.15) is 25.8 Å². The van der Waals surface area contributed by atoms with E-state index in [4.69, 9.17) is 11.6 Å². The van der Waals surface area contributed by atoms with Gasteiger partial charge in [0.05, 0.1) is 5.02 Å². The minimum atomic E-state index is 0.557. The van der Waals surface area contributed by atoms with Crippen LogP contribution in [0.3, 0.4) is 0 Å². The van der Waals surface area contributed by atoms with E-state index < -0.39 is 0 Å². The van der Waals surface area contributed by atoms with E-state index in [0.717, 1.165) is 24.7 Å². The van der Waals surface area contributed by atoms with Crippen molar-refractivity contribution in [3.63, 3.8) is 0 Å². The Kier molecular flexibility index (Phi) is 4.37. The van der Waals surface area contributed by atoms with Gasteiger partial charge < -0.3 is 5.32 Å². The smallest absolute Gasteiger partial charge is 0.0634 e. The molecule has 3 nitrogen and oxygen atoms in total. The summed E-state index contributed by atoms with van der Waals surface area (Å²) in [5, 5.41) is 4.33. The van der Waals surface area contributed by atoms with Gasteiger partial charge >= 0.3 is 0 Å². The van der Waals surface area contributed by atoms with Crippen LogP contribution >= 0.6 is 11.6 Å². The number of halogens is 1. The van der Waals surface area contributed by atoms with Gasteiger partial charge in [-0.05, 0) is 25.0 Å². The van der Waals surface area contributed by atoms with Gasteiger partial charge in [-0.2, -0.15) is 0 Å². The molecule has 0 amide bonds. The summed E-state index contributed by atoms with van der Waals surface area (Å²) in [5.41, 5.74) is 1.17. The zero-order chi connectivity index (χ0) is 12.3. The highest BCUT2D eigenvalue weighted by molar-refractivity contribution is 6.31. The van der Waals surface area contributed by atoms with Gasteiger partial charge in [0.25, 0.3) is 0 Å². The van der Waals surface area contributed by atoms with Crippen LogP contribution in [0, 0.1) is 0 Å². The molecule has 1 aromatic heterocycles. The van der Waals surface area contributed by atoms with E-state index in [1.165, 1.54) is 12.0 Å². The van der Waals surface area contributed by atoms with Gasteiger partial charge in [-0.15, -0.1) is 0 Å². The summed E-state index contributed by atoms with van der Waals surface area (Å²) in [6, 6.07) is 3.17. The molecular formula is C13H20ClN3. The first-order chi connectivity index (χ1) is 8.20. The van der Waals surface area contributed by atoms with Gasteiger partial charge in [-0.1, -0.05) is 18.5 Å².